The zero-order valence-corrected chi connectivity index (χ0v) is 13.5. The first-order valence-corrected chi connectivity index (χ1v) is 8.27. The lowest BCUT2D eigenvalue weighted by Gasteiger charge is -2.11. The normalized spacial score (nSPS) is 11.8. The molecule has 2 aromatic heterocycles. The highest BCUT2D eigenvalue weighted by Gasteiger charge is 2.23. The summed E-state index contributed by atoms with van der Waals surface area (Å²) in [6.07, 6.45) is 3.04. The summed E-state index contributed by atoms with van der Waals surface area (Å²) in [5.74, 6) is 0.178. The van der Waals surface area contributed by atoms with Crippen LogP contribution in [0.3, 0.4) is 0 Å². The van der Waals surface area contributed by atoms with E-state index in [1.807, 2.05) is 0 Å². The van der Waals surface area contributed by atoms with Gasteiger partial charge in [-0.3, -0.25) is 4.72 Å². The van der Waals surface area contributed by atoms with Crippen molar-refractivity contribution in [2.45, 2.75) is 12.1 Å². The van der Waals surface area contributed by atoms with Crippen molar-refractivity contribution < 1.29 is 8.42 Å². The van der Waals surface area contributed by atoms with Crippen LogP contribution in [0.4, 0.5) is 5.69 Å². The van der Waals surface area contributed by atoms with E-state index >= 15 is 0 Å². The van der Waals surface area contributed by atoms with Crippen LogP contribution in [0.2, 0.25) is 10.0 Å². The second kappa shape index (κ2) is 5.38. The van der Waals surface area contributed by atoms with Crippen molar-refractivity contribution in [1.82, 2.24) is 19.6 Å². The van der Waals surface area contributed by atoms with E-state index in [2.05, 4.69) is 19.8 Å². The average Bonchev–Trinajstić information content (AvgIpc) is 2.93. The maximum absolute atomic E-state index is 12.4. The van der Waals surface area contributed by atoms with E-state index in [-0.39, 0.29) is 21.5 Å². The number of aryl methyl sites for hydroxylation is 1. The van der Waals surface area contributed by atoms with Crippen LogP contribution in [0, 0.1) is 6.92 Å². The van der Waals surface area contributed by atoms with Crippen LogP contribution in [0.15, 0.2) is 35.7 Å². The van der Waals surface area contributed by atoms with Crippen molar-refractivity contribution >= 4 is 44.7 Å². The van der Waals surface area contributed by atoms with Crippen molar-refractivity contribution in [2.75, 3.05) is 4.72 Å². The van der Waals surface area contributed by atoms with Gasteiger partial charge in [0.15, 0.2) is 0 Å². The summed E-state index contributed by atoms with van der Waals surface area (Å²) in [5.41, 5.74) is 0.820. The van der Waals surface area contributed by atoms with Gasteiger partial charge in [-0.25, -0.2) is 9.50 Å². The highest BCUT2D eigenvalue weighted by Crippen LogP contribution is 2.33. The van der Waals surface area contributed by atoms with Gasteiger partial charge < -0.3 is 0 Å². The number of hydrogen-bond donors (Lipinski definition) is 1. The molecule has 0 spiro atoms. The molecule has 0 fully saturated rings. The van der Waals surface area contributed by atoms with E-state index in [4.69, 9.17) is 23.2 Å². The minimum atomic E-state index is -4.01. The highest BCUT2D eigenvalue weighted by atomic mass is 35.5. The summed E-state index contributed by atoms with van der Waals surface area (Å²) in [6, 6.07) is 4.86. The molecular weight excluding hydrogens is 349 g/mol. The van der Waals surface area contributed by atoms with E-state index in [9.17, 15) is 8.42 Å². The van der Waals surface area contributed by atoms with Gasteiger partial charge in [0.2, 0.25) is 0 Å². The predicted octanol–water partition coefficient (Wildman–Crippen LogP) is 2.54. The zero-order valence-electron chi connectivity index (χ0n) is 11.2. The number of nitrogens with zero attached hydrogens (tertiary/aromatic N) is 4. The second-order valence-electron chi connectivity index (χ2n) is 4.42. The van der Waals surface area contributed by atoms with Crippen LogP contribution in [0.5, 0.6) is 0 Å². The van der Waals surface area contributed by atoms with E-state index in [1.165, 1.54) is 10.7 Å². The van der Waals surface area contributed by atoms with Crippen molar-refractivity contribution in [1.29, 1.82) is 0 Å². The maximum atomic E-state index is 12.4. The molecular formula is C12H9Cl2N5O2S. The predicted molar refractivity (Wildman–Crippen MR) is 82.8 cm³/mol. The number of nitrogens with one attached hydrogen (secondary N) is 1. The van der Waals surface area contributed by atoms with Gasteiger partial charge in [-0.1, -0.05) is 29.3 Å². The van der Waals surface area contributed by atoms with Gasteiger partial charge in [0, 0.05) is 12.4 Å². The Morgan fingerprint density at radius 1 is 1.27 bits per heavy atom. The molecule has 114 valence electrons. The van der Waals surface area contributed by atoms with Crippen molar-refractivity contribution in [2.24, 2.45) is 0 Å². The standard InChI is InChI=1S/C12H9Cl2N5O2S/c1-7-3-4-8(13)9(14)10(7)18-22(20,21)12-16-11-15-5-2-6-19(11)17-12/h2-6,18H,1H3. The van der Waals surface area contributed by atoms with E-state index in [1.54, 1.807) is 31.3 Å². The number of benzene rings is 1. The van der Waals surface area contributed by atoms with Gasteiger partial charge in [-0.15, -0.1) is 5.10 Å². The van der Waals surface area contributed by atoms with Crippen molar-refractivity contribution in [3.05, 3.63) is 46.2 Å². The van der Waals surface area contributed by atoms with Gasteiger partial charge >= 0.3 is 0 Å². The smallest absolute Gasteiger partial charge is 0.275 e. The molecule has 0 saturated heterocycles. The zero-order chi connectivity index (χ0) is 15.9. The first-order chi connectivity index (χ1) is 10.4. The lowest BCUT2D eigenvalue weighted by molar-refractivity contribution is 0.592. The summed E-state index contributed by atoms with van der Waals surface area (Å²) >= 11 is 12.0. The van der Waals surface area contributed by atoms with Crippen LogP contribution in [0.25, 0.3) is 5.78 Å². The SMILES string of the molecule is Cc1ccc(Cl)c(Cl)c1NS(=O)(=O)c1nc2ncccn2n1. The molecule has 0 bridgehead atoms. The molecule has 22 heavy (non-hydrogen) atoms. The molecule has 0 unspecified atom stereocenters. The van der Waals surface area contributed by atoms with Gasteiger partial charge in [-0.2, -0.15) is 13.4 Å². The summed E-state index contributed by atoms with van der Waals surface area (Å²) in [4.78, 5) is 7.80. The third-order valence-electron chi connectivity index (χ3n) is 2.88. The number of rotatable bonds is 3. The Labute approximate surface area is 136 Å². The molecule has 0 amide bonds. The molecule has 0 radical (unpaired) electrons. The van der Waals surface area contributed by atoms with Crippen molar-refractivity contribution in [3.8, 4) is 0 Å². The number of hydrogen-bond acceptors (Lipinski definition) is 5. The first kappa shape index (κ1) is 15.0. The summed E-state index contributed by atoms with van der Waals surface area (Å²) in [5, 5.41) is 3.84. The van der Waals surface area contributed by atoms with Crippen LogP contribution < -0.4 is 4.72 Å². The first-order valence-electron chi connectivity index (χ1n) is 6.03. The molecule has 0 aliphatic heterocycles. The molecule has 0 saturated carbocycles. The number of anilines is 1. The Balaban J connectivity index is 2.06. The molecule has 10 heteroatoms. The van der Waals surface area contributed by atoms with Gasteiger partial charge in [0.25, 0.3) is 21.0 Å². The van der Waals surface area contributed by atoms with Crippen LogP contribution in [-0.4, -0.2) is 28.0 Å². The van der Waals surface area contributed by atoms with Gasteiger partial charge in [0.05, 0.1) is 15.7 Å². The minimum absolute atomic E-state index is 0.118. The molecule has 1 aromatic carbocycles. The fourth-order valence-electron chi connectivity index (χ4n) is 1.78. The molecule has 0 aliphatic carbocycles. The summed E-state index contributed by atoms with van der Waals surface area (Å²) in [6.45, 7) is 1.71. The largest absolute Gasteiger partial charge is 0.299 e. The van der Waals surface area contributed by atoms with Crippen molar-refractivity contribution in [3.63, 3.8) is 0 Å². The molecule has 3 rings (SSSR count). The second-order valence-corrected chi connectivity index (χ2v) is 6.78. The number of halogens is 2. The van der Waals surface area contributed by atoms with Crippen LogP contribution >= 0.6 is 23.2 Å². The fourth-order valence-corrected chi connectivity index (χ4v) is 3.27. The number of aromatic nitrogens is 4. The highest BCUT2D eigenvalue weighted by molar-refractivity contribution is 7.92. The van der Waals surface area contributed by atoms with Gasteiger partial charge in [-0.05, 0) is 24.6 Å². The van der Waals surface area contributed by atoms with Gasteiger partial charge in [0.1, 0.15) is 0 Å². The Morgan fingerprint density at radius 3 is 2.77 bits per heavy atom. The van der Waals surface area contributed by atoms with E-state index in [0.717, 1.165) is 0 Å². The third kappa shape index (κ3) is 2.60. The maximum Gasteiger partial charge on any atom is 0.299 e. The molecule has 0 aliphatic rings. The lowest BCUT2D eigenvalue weighted by Crippen LogP contribution is -2.16. The molecule has 0 atom stereocenters. The molecule has 3 aromatic rings. The molecule has 1 N–H and O–H groups in total. The molecule has 2 heterocycles. The Morgan fingerprint density at radius 2 is 2.05 bits per heavy atom. The lowest BCUT2D eigenvalue weighted by atomic mass is 10.2. The number of sulfonamides is 1. The summed E-state index contributed by atoms with van der Waals surface area (Å²) in [7, 11) is -4.01. The quantitative estimate of drug-likeness (QED) is 0.777. The molecule has 7 nitrogen and oxygen atoms in total. The summed E-state index contributed by atoms with van der Waals surface area (Å²) < 4.78 is 28.4. The third-order valence-corrected chi connectivity index (χ3v) is 4.81. The van der Waals surface area contributed by atoms with Crippen LogP contribution in [0.1, 0.15) is 5.56 Å². The minimum Gasteiger partial charge on any atom is -0.275 e. The van der Waals surface area contributed by atoms with E-state index in [0.29, 0.717) is 5.56 Å². The van der Waals surface area contributed by atoms with E-state index < -0.39 is 15.2 Å². The average molecular weight is 358 g/mol. The Hall–Kier alpha value is -1.90. The monoisotopic (exact) mass is 357 g/mol. The van der Waals surface area contributed by atoms with Crippen LogP contribution in [-0.2, 0) is 10.0 Å². The Kier molecular flexibility index (Phi) is 3.67. The topological polar surface area (TPSA) is 89.2 Å². The Bertz CT molecular complexity index is 938. The fraction of sp³-hybridized carbons (Fsp3) is 0.0833. The number of fused-ring (bicyclic) bond motifs is 1.